The highest BCUT2D eigenvalue weighted by Gasteiger charge is 2.09. The molecule has 0 aromatic heterocycles. The summed E-state index contributed by atoms with van der Waals surface area (Å²) in [4.78, 5) is 2.20. The number of nitrogens with zero attached hydrogens (tertiary/aromatic N) is 1. The number of hydrogen-bond donors (Lipinski definition) is 1. The van der Waals surface area contributed by atoms with Crippen LogP contribution >= 0.6 is 15.9 Å². The molecule has 0 unspecified atom stereocenters. The van der Waals surface area contributed by atoms with Crippen molar-refractivity contribution in [3.05, 3.63) is 58.1 Å². The van der Waals surface area contributed by atoms with E-state index in [9.17, 15) is 0 Å². The van der Waals surface area contributed by atoms with Crippen LogP contribution in [0.25, 0.3) is 0 Å². The van der Waals surface area contributed by atoms with Gasteiger partial charge in [-0.15, -0.1) is 0 Å². The van der Waals surface area contributed by atoms with E-state index in [4.69, 9.17) is 5.73 Å². The Morgan fingerprint density at radius 2 is 1.79 bits per heavy atom. The molecule has 19 heavy (non-hydrogen) atoms. The van der Waals surface area contributed by atoms with E-state index in [0.717, 1.165) is 10.9 Å². The molecule has 2 aromatic carbocycles. The zero-order valence-corrected chi connectivity index (χ0v) is 12.9. The predicted octanol–water partition coefficient (Wildman–Crippen LogP) is 4.03. The molecule has 2 rings (SSSR count). The Morgan fingerprint density at radius 3 is 2.42 bits per heavy atom. The second-order valence-corrected chi connectivity index (χ2v) is 5.62. The monoisotopic (exact) mass is 318 g/mol. The average Bonchev–Trinajstić information content (AvgIpc) is 2.41. The highest BCUT2D eigenvalue weighted by molar-refractivity contribution is 9.10. The fraction of sp³-hybridized carbons (Fsp3) is 0.250. The van der Waals surface area contributed by atoms with Gasteiger partial charge < -0.3 is 10.6 Å². The Balaban J connectivity index is 2.39. The summed E-state index contributed by atoms with van der Waals surface area (Å²) in [5, 5.41) is 0. The molecule has 2 aromatic rings. The molecule has 0 saturated heterocycles. The summed E-state index contributed by atoms with van der Waals surface area (Å²) in [6.45, 7) is 2.76. The lowest BCUT2D eigenvalue weighted by Crippen LogP contribution is -2.13. The highest BCUT2D eigenvalue weighted by Crippen LogP contribution is 2.30. The highest BCUT2D eigenvalue weighted by atomic mass is 79.9. The van der Waals surface area contributed by atoms with E-state index in [1.54, 1.807) is 0 Å². The van der Waals surface area contributed by atoms with Gasteiger partial charge in [-0.2, -0.15) is 0 Å². The van der Waals surface area contributed by atoms with E-state index in [0.29, 0.717) is 6.54 Å². The molecule has 0 aliphatic heterocycles. The molecule has 0 heterocycles. The maximum absolute atomic E-state index is 5.70. The van der Waals surface area contributed by atoms with Gasteiger partial charge in [0, 0.05) is 22.9 Å². The summed E-state index contributed by atoms with van der Waals surface area (Å²) in [5.74, 6) is 0. The Hall–Kier alpha value is -1.32. The van der Waals surface area contributed by atoms with Gasteiger partial charge in [0.05, 0.1) is 0 Å². The fourth-order valence-corrected chi connectivity index (χ4v) is 2.47. The molecule has 2 N–H and O–H groups in total. The largest absolute Gasteiger partial charge is 0.344 e. The Labute approximate surface area is 123 Å². The third kappa shape index (κ3) is 3.37. The van der Waals surface area contributed by atoms with E-state index in [-0.39, 0.29) is 0 Å². The van der Waals surface area contributed by atoms with Crippen molar-refractivity contribution in [2.75, 3.05) is 18.5 Å². The Morgan fingerprint density at radius 1 is 1.11 bits per heavy atom. The van der Waals surface area contributed by atoms with Crippen molar-refractivity contribution in [2.45, 2.75) is 13.3 Å². The third-order valence-electron chi connectivity index (χ3n) is 3.24. The molecule has 0 spiro atoms. The SMILES string of the molecule is Cc1ccc(N(C)c2cc(Br)ccc2CCN)cc1. The summed E-state index contributed by atoms with van der Waals surface area (Å²) >= 11 is 3.54. The van der Waals surface area contributed by atoms with Crippen molar-refractivity contribution in [1.29, 1.82) is 0 Å². The van der Waals surface area contributed by atoms with Gasteiger partial charge in [-0.05, 0) is 49.7 Å². The van der Waals surface area contributed by atoms with Gasteiger partial charge in [0.1, 0.15) is 0 Å². The minimum atomic E-state index is 0.663. The zero-order chi connectivity index (χ0) is 13.8. The van der Waals surface area contributed by atoms with Crippen molar-refractivity contribution < 1.29 is 0 Å². The van der Waals surface area contributed by atoms with E-state index in [1.165, 1.54) is 22.5 Å². The van der Waals surface area contributed by atoms with E-state index in [1.807, 2.05) is 0 Å². The number of halogens is 1. The summed E-state index contributed by atoms with van der Waals surface area (Å²) in [6.07, 6.45) is 0.888. The first-order chi connectivity index (χ1) is 9.11. The van der Waals surface area contributed by atoms with Gasteiger partial charge in [0.25, 0.3) is 0 Å². The second kappa shape index (κ2) is 6.22. The van der Waals surface area contributed by atoms with Gasteiger partial charge in [-0.1, -0.05) is 39.7 Å². The van der Waals surface area contributed by atoms with Gasteiger partial charge in [-0.3, -0.25) is 0 Å². The summed E-state index contributed by atoms with van der Waals surface area (Å²) < 4.78 is 1.09. The Bertz CT molecular complexity index is 549. The second-order valence-electron chi connectivity index (χ2n) is 4.71. The molecule has 0 fully saturated rings. The first-order valence-corrected chi connectivity index (χ1v) is 7.20. The van der Waals surface area contributed by atoms with E-state index in [2.05, 4.69) is 77.3 Å². The maximum atomic E-state index is 5.70. The summed E-state index contributed by atoms with van der Waals surface area (Å²) in [6, 6.07) is 14.9. The van der Waals surface area contributed by atoms with Crippen LogP contribution in [0.2, 0.25) is 0 Å². The van der Waals surface area contributed by atoms with Crippen molar-refractivity contribution in [2.24, 2.45) is 5.73 Å². The first kappa shape index (κ1) is 14.1. The van der Waals surface area contributed by atoms with Crippen molar-refractivity contribution in [3.8, 4) is 0 Å². The van der Waals surface area contributed by atoms with Crippen LogP contribution in [0.4, 0.5) is 11.4 Å². The first-order valence-electron chi connectivity index (χ1n) is 6.40. The standard InChI is InChI=1S/C16H19BrN2/c1-12-3-7-15(8-4-12)19(2)16-11-14(17)6-5-13(16)9-10-18/h3-8,11H,9-10,18H2,1-2H3. The van der Waals surface area contributed by atoms with Gasteiger partial charge in [0.15, 0.2) is 0 Å². The average molecular weight is 319 g/mol. The summed E-state index contributed by atoms with van der Waals surface area (Å²) in [7, 11) is 2.09. The molecule has 0 saturated carbocycles. The molecule has 100 valence electrons. The number of benzene rings is 2. The molecule has 0 amide bonds. The van der Waals surface area contributed by atoms with Gasteiger partial charge in [0.2, 0.25) is 0 Å². The minimum Gasteiger partial charge on any atom is -0.344 e. The topological polar surface area (TPSA) is 29.3 Å². The fourth-order valence-electron chi connectivity index (χ4n) is 2.12. The van der Waals surface area contributed by atoms with Gasteiger partial charge in [-0.25, -0.2) is 0 Å². The third-order valence-corrected chi connectivity index (χ3v) is 3.74. The predicted molar refractivity (Wildman–Crippen MR) is 86.1 cm³/mol. The van der Waals surface area contributed by atoms with Crippen LogP contribution in [0.1, 0.15) is 11.1 Å². The number of hydrogen-bond acceptors (Lipinski definition) is 2. The number of aryl methyl sites for hydroxylation is 1. The van der Waals surface area contributed by atoms with E-state index < -0.39 is 0 Å². The van der Waals surface area contributed by atoms with Crippen LogP contribution in [0.5, 0.6) is 0 Å². The molecular weight excluding hydrogens is 300 g/mol. The van der Waals surface area contributed by atoms with Crippen LogP contribution in [0, 0.1) is 6.92 Å². The zero-order valence-electron chi connectivity index (χ0n) is 11.4. The lowest BCUT2D eigenvalue weighted by molar-refractivity contribution is 0.960. The number of anilines is 2. The molecule has 2 nitrogen and oxygen atoms in total. The van der Waals surface area contributed by atoms with Crippen LogP contribution in [-0.4, -0.2) is 13.6 Å². The molecule has 3 heteroatoms. The molecule has 0 aliphatic carbocycles. The quantitative estimate of drug-likeness (QED) is 0.922. The number of rotatable bonds is 4. The summed E-state index contributed by atoms with van der Waals surface area (Å²) in [5.41, 5.74) is 10.6. The van der Waals surface area contributed by atoms with Crippen LogP contribution in [-0.2, 0) is 6.42 Å². The van der Waals surface area contributed by atoms with Gasteiger partial charge >= 0.3 is 0 Å². The molecular formula is C16H19BrN2. The smallest absolute Gasteiger partial charge is 0.0452 e. The van der Waals surface area contributed by atoms with Crippen LogP contribution < -0.4 is 10.6 Å². The normalized spacial score (nSPS) is 10.5. The van der Waals surface area contributed by atoms with Crippen molar-refractivity contribution in [3.63, 3.8) is 0 Å². The number of nitrogens with two attached hydrogens (primary N) is 1. The van der Waals surface area contributed by atoms with Crippen molar-refractivity contribution >= 4 is 27.3 Å². The van der Waals surface area contributed by atoms with Crippen molar-refractivity contribution in [1.82, 2.24) is 0 Å². The lowest BCUT2D eigenvalue weighted by atomic mass is 10.1. The van der Waals surface area contributed by atoms with Crippen LogP contribution in [0.3, 0.4) is 0 Å². The molecule has 0 aliphatic rings. The van der Waals surface area contributed by atoms with Crippen LogP contribution in [0.15, 0.2) is 46.9 Å². The molecule has 0 radical (unpaired) electrons. The lowest BCUT2D eigenvalue weighted by Gasteiger charge is -2.23. The minimum absolute atomic E-state index is 0.663. The molecule has 0 bridgehead atoms. The Kier molecular flexibility index (Phi) is 4.61. The molecule has 0 atom stereocenters. The van der Waals surface area contributed by atoms with E-state index >= 15 is 0 Å². The maximum Gasteiger partial charge on any atom is 0.0452 e.